The van der Waals surface area contributed by atoms with Crippen molar-refractivity contribution in [2.45, 2.75) is 37.4 Å². The number of halogens is 1. The highest BCUT2D eigenvalue weighted by Gasteiger charge is 2.45. The molecule has 1 aromatic rings. The number of carbonyl (C=O) groups is 1. The number of rotatable bonds is 3. The normalized spacial score (nSPS) is 24.7. The molecule has 0 atom stereocenters. The lowest BCUT2D eigenvalue weighted by Crippen LogP contribution is -2.52. The second-order valence-corrected chi connectivity index (χ2v) is 8.36. The van der Waals surface area contributed by atoms with Gasteiger partial charge in [-0.2, -0.15) is 0 Å². The van der Waals surface area contributed by atoms with E-state index in [-0.39, 0.29) is 12.2 Å². The Morgan fingerprint density at radius 1 is 1.00 bits per heavy atom. The highest BCUT2D eigenvalue weighted by Crippen LogP contribution is 2.38. The molecule has 4 rings (SSSR count). The fourth-order valence-electron chi connectivity index (χ4n) is 4.44. The lowest BCUT2D eigenvalue weighted by Gasteiger charge is -2.42. The summed E-state index contributed by atoms with van der Waals surface area (Å²) in [6.45, 7) is 4.23. The van der Waals surface area contributed by atoms with Gasteiger partial charge in [0.15, 0.2) is 6.29 Å². The van der Waals surface area contributed by atoms with Gasteiger partial charge in [-0.1, -0.05) is 28.1 Å². The molecule has 0 aromatic heterocycles. The maximum absolute atomic E-state index is 13.6. The predicted molar refractivity (Wildman–Crippen MR) is 101 cm³/mol. The first-order valence-electron chi connectivity index (χ1n) is 9.55. The first kappa shape index (κ1) is 18.4. The molecule has 1 amide bonds. The highest BCUT2D eigenvalue weighted by atomic mass is 79.9. The number of hydrogen-bond donors (Lipinski definition) is 0. The summed E-state index contributed by atoms with van der Waals surface area (Å²) in [5.74, 6) is 0.662. The van der Waals surface area contributed by atoms with E-state index in [9.17, 15) is 4.79 Å². The summed E-state index contributed by atoms with van der Waals surface area (Å²) in [6, 6.07) is 8.22. The van der Waals surface area contributed by atoms with Crippen LogP contribution < -0.4 is 0 Å². The van der Waals surface area contributed by atoms with Crippen LogP contribution in [-0.2, 0) is 24.4 Å². The molecule has 0 N–H and O–H groups in total. The molecule has 1 aromatic carbocycles. The molecular formula is C20H26BrNO4. The summed E-state index contributed by atoms with van der Waals surface area (Å²) in [7, 11) is 0. The van der Waals surface area contributed by atoms with Crippen LogP contribution in [0, 0.1) is 5.92 Å². The van der Waals surface area contributed by atoms with E-state index in [1.165, 1.54) is 0 Å². The van der Waals surface area contributed by atoms with Crippen molar-refractivity contribution in [3.63, 3.8) is 0 Å². The predicted octanol–water partition coefficient (Wildman–Crippen LogP) is 3.11. The first-order valence-corrected chi connectivity index (χ1v) is 10.3. The van der Waals surface area contributed by atoms with Gasteiger partial charge in [0.05, 0.1) is 18.6 Å². The quantitative estimate of drug-likeness (QED) is 0.749. The SMILES string of the molecule is O=C(N1CCC(C2OCCO2)CC1)C1(c2ccc(Br)cc2)CCOCC1. The van der Waals surface area contributed by atoms with Gasteiger partial charge in [-0.3, -0.25) is 4.79 Å². The van der Waals surface area contributed by atoms with Crippen molar-refractivity contribution in [2.24, 2.45) is 5.92 Å². The summed E-state index contributed by atoms with van der Waals surface area (Å²) in [4.78, 5) is 15.6. The van der Waals surface area contributed by atoms with Crippen molar-refractivity contribution >= 4 is 21.8 Å². The topological polar surface area (TPSA) is 48.0 Å². The third-order valence-electron chi connectivity index (χ3n) is 6.01. The Bertz CT molecular complexity index is 615. The molecule has 0 unspecified atom stereocenters. The second kappa shape index (κ2) is 7.97. The van der Waals surface area contributed by atoms with Gasteiger partial charge < -0.3 is 19.1 Å². The maximum atomic E-state index is 13.6. The molecule has 6 heteroatoms. The maximum Gasteiger partial charge on any atom is 0.233 e. The minimum atomic E-state index is -0.452. The molecule has 142 valence electrons. The van der Waals surface area contributed by atoms with E-state index in [2.05, 4.69) is 33.0 Å². The number of likely N-dealkylation sites (tertiary alicyclic amines) is 1. The molecule has 0 spiro atoms. The summed E-state index contributed by atoms with van der Waals surface area (Å²) in [6.07, 6.45) is 3.33. The van der Waals surface area contributed by atoms with Crippen LogP contribution in [0.5, 0.6) is 0 Å². The summed E-state index contributed by atoms with van der Waals surface area (Å²) < 4.78 is 17.9. The zero-order valence-corrected chi connectivity index (χ0v) is 16.6. The molecule has 3 fully saturated rings. The lowest BCUT2D eigenvalue weighted by molar-refractivity contribution is -0.146. The Morgan fingerprint density at radius 2 is 1.62 bits per heavy atom. The Balaban J connectivity index is 1.49. The van der Waals surface area contributed by atoms with Crippen LogP contribution in [0.3, 0.4) is 0 Å². The van der Waals surface area contributed by atoms with E-state index >= 15 is 0 Å². The monoisotopic (exact) mass is 423 g/mol. The van der Waals surface area contributed by atoms with Crippen LogP contribution in [-0.4, -0.2) is 56.6 Å². The molecule has 3 heterocycles. The smallest absolute Gasteiger partial charge is 0.233 e. The van der Waals surface area contributed by atoms with Crippen LogP contribution in [0.1, 0.15) is 31.2 Å². The van der Waals surface area contributed by atoms with Crippen molar-refractivity contribution in [3.05, 3.63) is 34.3 Å². The van der Waals surface area contributed by atoms with Crippen molar-refractivity contribution in [1.29, 1.82) is 0 Å². The standard InChI is InChI=1S/C20H26BrNO4/c21-17-3-1-16(2-4-17)20(7-11-24-12-8-20)19(23)22-9-5-15(6-10-22)18-25-13-14-26-18/h1-4,15,18H,5-14H2. The van der Waals surface area contributed by atoms with Crippen LogP contribution in [0.4, 0.5) is 0 Å². The van der Waals surface area contributed by atoms with Gasteiger partial charge in [0, 0.05) is 36.7 Å². The minimum absolute atomic E-state index is 0.0734. The van der Waals surface area contributed by atoms with Crippen LogP contribution in [0.2, 0.25) is 0 Å². The fraction of sp³-hybridized carbons (Fsp3) is 0.650. The van der Waals surface area contributed by atoms with E-state index in [4.69, 9.17) is 14.2 Å². The number of piperidine rings is 1. The molecule has 0 aliphatic carbocycles. The molecule has 26 heavy (non-hydrogen) atoms. The Morgan fingerprint density at radius 3 is 2.23 bits per heavy atom. The van der Waals surface area contributed by atoms with E-state index in [0.29, 0.717) is 32.3 Å². The minimum Gasteiger partial charge on any atom is -0.381 e. The first-order chi connectivity index (χ1) is 12.7. The molecule has 3 aliphatic heterocycles. The average Bonchev–Trinajstić information content (AvgIpc) is 3.23. The highest BCUT2D eigenvalue weighted by molar-refractivity contribution is 9.10. The third-order valence-corrected chi connectivity index (χ3v) is 6.54. The summed E-state index contributed by atoms with van der Waals surface area (Å²) in [5.41, 5.74) is 0.658. The van der Waals surface area contributed by atoms with Gasteiger partial charge in [-0.25, -0.2) is 0 Å². The van der Waals surface area contributed by atoms with Crippen molar-refractivity contribution in [2.75, 3.05) is 39.5 Å². The number of ether oxygens (including phenoxy) is 3. The van der Waals surface area contributed by atoms with E-state index in [1.54, 1.807) is 0 Å². The number of hydrogen-bond acceptors (Lipinski definition) is 4. The summed E-state index contributed by atoms with van der Waals surface area (Å²) in [5, 5.41) is 0. The Kier molecular flexibility index (Phi) is 5.64. The number of benzene rings is 1. The van der Waals surface area contributed by atoms with Gasteiger partial charge in [0.1, 0.15) is 0 Å². The van der Waals surface area contributed by atoms with E-state index in [1.807, 2.05) is 12.1 Å². The van der Waals surface area contributed by atoms with Crippen molar-refractivity contribution in [1.82, 2.24) is 4.90 Å². The van der Waals surface area contributed by atoms with Crippen molar-refractivity contribution in [3.8, 4) is 0 Å². The largest absolute Gasteiger partial charge is 0.381 e. The van der Waals surface area contributed by atoms with Gasteiger partial charge in [0.2, 0.25) is 5.91 Å². The lowest BCUT2D eigenvalue weighted by atomic mass is 9.72. The fourth-order valence-corrected chi connectivity index (χ4v) is 4.71. The number of carbonyl (C=O) groups excluding carboxylic acids is 1. The average molecular weight is 424 g/mol. The molecule has 0 bridgehead atoms. The number of amides is 1. The Hall–Kier alpha value is -0.950. The molecule has 0 radical (unpaired) electrons. The molecule has 3 aliphatic rings. The number of nitrogens with zero attached hydrogens (tertiary/aromatic N) is 1. The molecule has 5 nitrogen and oxygen atoms in total. The van der Waals surface area contributed by atoms with Crippen LogP contribution in [0.15, 0.2) is 28.7 Å². The summed E-state index contributed by atoms with van der Waals surface area (Å²) >= 11 is 3.50. The van der Waals surface area contributed by atoms with E-state index < -0.39 is 5.41 Å². The van der Waals surface area contributed by atoms with Crippen LogP contribution >= 0.6 is 15.9 Å². The molecular weight excluding hydrogens is 398 g/mol. The van der Waals surface area contributed by atoms with Crippen LogP contribution in [0.25, 0.3) is 0 Å². The zero-order valence-electron chi connectivity index (χ0n) is 15.0. The molecule has 3 saturated heterocycles. The second-order valence-electron chi connectivity index (χ2n) is 7.44. The molecule has 0 saturated carbocycles. The zero-order chi connectivity index (χ0) is 18.0. The van der Waals surface area contributed by atoms with Crippen molar-refractivity contribution < 1.29 is 19.0 Å². The van der Waals surface area contributed by atoms with Gasteiger partial charge in [-0.15, -0.1) is 0 Å². The van der Waals surface area contributed by atoms with E-state index in [0.717, 1.165) is 48.8 Å². The van der Waals surface area contributed by atoms with Gasteiger partial charge in [0.25, 0.3) is 0 Å². The third kappa shape index (κ3) is 3.57. The Labute approximate surface area is 163 Å². The van der Waals surface area contributed by atoms with Gasteiger partial charge >= 0.3 is 0 Å². The van der Waals surface area contributed by atoms with Gasteiger partial charge in [-0.05, 0) is 43.4 Å².